The highest BCUT2D eigenvalue weighted by atomic mass is 19.1. The molecule has 1 aromatic carbocycles. The average Bonchev–Trinajstić information content (AvgIpc) is 2.41. The van der Waals surface area contributed by atoms with Crippen molar-refractivity contribution in [3.8, 4) is 0 Å². The maximum Gasteiger partial charge on any atom is 0.141 e. The highest BCUT2D eigenvalue weighted by Crippen LogP contribution is 2.19. The van der Waals surface area contributed by atoms with Crippen LogP contribution in [0.1, 0.15) is 31.1 Å². The van der Waals surface area contributed by atoms with Crippen molar-refractivity contribution in [3.63, 3.8) is 0 Å². The fourth-order valence-electron chi connectivity index (χ4n) is 2.13. The summed E-state index contributed by atoms with van der Waals surface area (Å²) in [6.45, 7) is 4.02. The molecule has 0 bridgehead atoms. The molecule has 1 N–H and O–H groups in total. The molecule has 0 aliphatic rings. The van der Waals surface area contributed by atoms with Crippen LogP contribution in [0.3, 0.4) is 0 Å². The lowest BCUT2D eigenvalue weighted by molar-refractivity contribution is 0.457. The van der Waals surface area contributed by atoms with Crippen molar-refractivity contribution in [2.24, 2.45) is 0 Å². The lowest BCUT2D eigenvalue weighted by Gasteiger charge is -2.21. The van der Waals surface area contributed by atoms with Gasteiger partial charge in [0.1, 0.15) is 11.6 Å². The Kier molecular flexibility index (Phi) is 4.79. The first-order chi connectivity index (χ1) is 9.56. The van der Waals surface area contributed by atoms with Crippen LogP contribution in [0.4, 0.5) is 8.78 Å². The molecular weight excluding hydrogens is 258 g/mol. The molecule has 0 amide bonds. The Bertz CT molecular complexity index is 553. The monoisotopic (exact) mass is 276 g/mol. The van der Waals surface area contributed by atoms with Gasteiger partial charge in [0.15, 0.2) is 0 Å². The standard InChI is InChI=1S/C16H18F2N2/c1-11(2)20-16(15-8-7-13(17)10-19-15)9-12-5-3-4-6-14(12)18/h3-8,10-11,16,20H,9H2,1-2H3. The summed E-state index contributed by atoms with van der Waals surface area (Å²) < 4.78 is 26.7. The molecule has 0 aliphatic carbocycles. The van der Waals surface area contributed by atoms with Crippen molar-refractivity contribution in [2.45, 2.75) is 32.4 Å². The fourth-order valence-corrected chi connectivity index (χ4v) is 2.13. The number of rotatable bonds is 5. The minimum absolute atomic E-state index is 0.146. The van der Waals surface area contributed by atoms with Gasteiger partial charge in [-0.15, -0.1) is 0 Å². The van der Waals surface area contributed by atoms with E-state index in [-0.39, 0.29) is 23.7 Å². The summed E-state index contributed by atoms with van der Waals surface area (Å²) >= 11 is 0. The van der Waals surface area contributed by atoms with Crippen molar-refractivity contribution in [3.05, 3.63) is 65.5 Å². The quantitative estimate of drug-likeness (QED) is 0.901. The third-order valence-corrected chi connectivity index (χ3v) is 3.02. The van der Waals surface area contributed by atoms with Crippen LogP contribution in [0.25, 0.3) is 0 Å². The molecule has 1 unspecified atom stereocenters. The average molecular weight is 276 g/mol. The number of benzene rings is 1. The fraction of sp³-hybridized carbons (Fsp3) is 0.312. The van der Waals surface area contributed by atoms with Crippen molar-refractivity contribution in [2.75, 3.05) is 0 Å². The van der Waals surface area contributed by atoms with Crippen LogP contribution in [0.2, 0.25) is 0 Å². The van der Waals surface area contributed by atoms with E-state index in [4.69, 9.17) is 0 Å². The van der Waals surface area contributed by atoms with E-state index in [2.05, 4.69) is 10.3 Å². The topological polar surface area (TPSA) is 24.9 Å². The smallest absolute Gasteiger partial charge is 0.141 e. The number of nitrogens with zero attached hydrogens (tertiary/aromatic N) is 1. The Morgan fingerprint density at radius 1 is 1.10 bits per heavy atom. The van der Waals surface area contributed by atoms with E-state index in [0.717, 1.165) is 0 Å². The van der Waals surface area contributed by atoms with Crippen molar-refractivity contribution in [1.29, 1.82) is 0 Å². The number of pyridine rings is 1. The summed E-state index contributed by atoms with van der Waals surface area (Å²) in [5.41, 5.74) is 1.33. The van der Waals surface area contributed by atoms with Gasteiger partial charge in [-0.2, -0.15) is 0 Å². The predicted octanol–water partition coefficient (Wildman–Crippen LogP) is 3.64. The Morgan fingerprint density at radius 2 is 1.85 bits per heavy atom. The molecule has 2 aromatic rings. The van der Waals surface area contributed by atoms with Gasteiger partial charge in [-0.05, 0) is 30.2 Å². The van der Waals surface area contributed by atoms with Gasteiger partial charge in [0.2, 0.25) is 0 Å². The molecule has 2 nitrogen and oxygen atoms in total. The Labute approximate surface area is 117 Å². The van der Waals surface area contributed by atoms with E-state index in [0.29, 0.717) is 17.7 Å². The van der Waals surface area contributed by atoms with E-state index in [9.17, 15) is 8.78 Å². The van der Waals surface area contributed by atoms with Crippen molar-refractivity contribution >= 4 is 0 Å². The summed E-state index contributed by atoms with van der Waals surface area (Å²) in [4.78, 5) is 4.10. The molecule has 0 saturated carbocycles. The first-order valence-electron chi connectivity index (χ1n) is 6.67. The molecule has 0 aliphatic heterocycles. The lowest BCUT2D eigenvalue weighted by atomic mass is 10.0. The summed E-state index contributed by atoms with van der Waals surface area (Å²) in [5.74, 6) is -0.604. The third kappa shape index (κ3) is 3.84. The molecule has 0 fully saturated rings. The highest BCUT2D eigenvalue weighted by Gasteiger charge is 2.16. The van der Waals surface area contributed by atoms with E-state index >= 15 is 0 Å². The summed E-state index contributed by atoms with van der Waals surface area (Å²) in [6.07, 6.45) is 1.66. The van der Waals surface area contributed by atoms with Gasteiger partial charge >= 0.3 is 0 Å². The minimum atomic E-state index is -0.372. The lowest BCUT2D eigenvalue weighted by Crippen LogP contribution is -2.30. The van der Waals surface area contributed by atoms with E-state index in [1.165, 1.54) is 18.3 Å². The molecule has 0 saturated heterocycles. The van der Waals surface area contributed by atoms with Crippen LogP contribution in [-0.4, -0.2) is 11.0 Å². The van der Waals surface area contributed by atoms with Gasteiger partial charge in [-0.25, -0.2) is 8.78 Å². The van der Waals surface area contributed by atoms with Gasteiger partial charge in [-0.3, -0.25) is 4.98 Å². The Morgan fingerprint density at radius 3 is 2.45 bits per heavy atom. The Hall–Kier alpha value is -1.81. The maximum absolute atomic E-state index is 13.8. The zero-order valence-corrected chi connectivity index (χ0v) is 11.6. The second kappa shape index (κ2) is 6.57. The molecule has 1 aromatic heterocycles. The molecule has 0 radical (unpaired) electrons. The second-order valence-corrected chi connectivity index (χ2v) is 5.07. The van der Waals surface area contributed by atoms with Gasteiger partial charge in [0, 0.05) is 6.04 Å². The zero-order valence-electron chi connectivity index (χ0n) is 11.6. The highest BCUT2D eigenvalue weighted by molar-refractivity contribution is 5.21. The van der Waals surface area contributed by atoms with Crippen LogP contribution in [0, 0.1) is 11.6 Å². The van der Waals surface area contributed by atoms with Crippen molar-refractivity contribution < 1.29 is 8.78 Å². The first kappa shape index (κ1) is 14.6. The first-order valence-corrected chi connectivity index (χ1v) is 6.67. The number of nitrogens with one attached hydrogen (secondary N) is 1. The van der Waals surface area contributed by atoms with E-state index in [1.54, 1.807) is 18.2 Å². The second-order valence-electron chi connectivity index (χ2n) is 5.07. The van der Waals surface area contributed by atoms with Crippen LogP contribution in [0.5, 0.6) is 0 Å². The third-order valence-electron chi connectivity index (χ3n) is 3.02. The number of hydrogen-bond acceptors (Lipinski definition) is 2. The normalized spacial score (nSPS) is 12.7. The molecule has 1 heterocycles. The van der Waals surface area contributed by atoms with Crippen LogP contribution >= 0.6 is 0 Å². The minimum Gasteiger partial charge on any atom is -0.306 e. The largest absolute Gasteiger partial charge is 0.306 e. The molecule has 106 valence electrons. The molecule has 1 atom stereocenters. The molecule has 20 heavy (non-hydrogen) atoms. The van der Waals surface area contributed by atoms with Gasteiger partial charge < -0.3 is 5.32 Å². The zero-order chi connectivity index (χ0) is 14.5. The van der Waals surface area contributed by atoms with E-state index < -0.39 is 0 Å². The Balaban J connectivity index is 2.24. The summed E-state index contributed by atoms with van der Waals surface area (Å²) in [6, 6.07) is 9.76. The molecular formula is C16H18F2N2. The van der Waals surface area contributed by atoms with Crippen LogP contribution in [0.15, 0.2) is 42.6 Å². The maximum atomic E-state index is 13.8. The van der Waals surface area contributed by atoms with Gasteiger partial charge in [0.25, 0.3) is 0 Å². The van der Waals surface area contributed by atoms with Gasteiger partial charge in [0.05, 0.1) is 17.9 Å². The van der Waals surface area contributed by atoms with Crippen molar-refractivity contribution in [1.82, 2.24) is 10.3 Å². The van der Waals surface area contributed by atoms with Gasteiger partial charge in [-0.1, -0.05) is 32.0 Å². The molecule has 4 heteroatoms. The number of aromatic nitrogens is 1. The van der Waals surface area contributed by atoms with E-state index in [1.807, 2.05) is 19.9 Å². The van der Waals surface area contributed by atoms with Crippen LogP contribution in [-0.2, 0) is 6.42 Å². The number of hydrogen-bond donors (Lipinski definition) is 1. The molecule has 2 rings (SSSR count). The summed E-state index contributed by atoms with van der Waals surface area (Å²) in [7, 11) is 0. The predicted molar refractivity (Wildman–Crippen MR) is 75.3 cm³/mol. The summed E-state index contributed by atoms with van der Waals surface area (Å²) in [5, 5.41) is 3.34. The SMILES string of the molecule is CC(C)NC(Cc1ccccc1F)c1ccc(F)cn1. The molecule has 0 spiro atoms. The number of halogens is 2. The van der Waals surface area contributed by atoms with Crippen LogP contribution < -0.4 is 5.32 Å².